The highest BCUT2D eigenvalue weighted by molar-refractivity contribution is 6.00. The van der Waals surface area contributed by atoms with Crippen LogP contribution in [-0.4, -0.2) is 41.7 Å². The number of rotatable bonds is 5. The van der Waals surface area contributed by atoms with Gasteiger partial charge in [-0.2, -0.15) is 0 Å². The summed E-state index contributed by atoms with van der Waals surface area (Å²) in [4.78, 5) is 26.9. The summed E-state index contributed by atoms with van der Waals surface area (Å²) in [6, 6.07) is 7.09. The van der Waals surface area contributed by atoms with Gasteiger partial charge in [0.05, 0.1) is 5.69 Å². The summed E-state index contributed by atoms with van der Waals surface area (Å²) < 4.78 is 1.50. The van der Waals surface area contributed by atoms with Crippen molar-refractivity contribution in [3.8, 4) is 0 Å². The first kappa shape index (κ1) is 18.5. The van der Waals surface area contributed by atoms with Crippen molar-refractivity contribution in [3.63, 3.8) is 0 Å². The van der Waals surface area contributed by atoms with Crippen molar-refractivity contribution >= 4 is 22.5 Å². The Morgan fingerprint density at radius 3 is 2.81 bits per heavy atom. The number of piperidine rings is 1. The number of benzene rings is 1. The van der Waals surface area contributed by atoms with E-state index >= 15 is 0 Å². The third-order valence-corrected chi connectivity index (χ3v) is 5.02. The lowest BCUT2D eigenvalue weighted by Gasteiger charge is -2.30. The zero-order valence-corrected chi connectivity index (χ0v) is 15.6. The van der Waals surface area contributed by atoms with E-state index in [1.54, 1.807) is 19.3 Å². The van der Waals surface area contributed by atoms with Gasteiger partial charge < -0.3 is 20.1 Å². The highest BCUT2D eigenvalue weighted by atomic mass is 16.2. The Kier molecular flexibility index (Phi) is 5.93. The molecule has 1 aliphatic heterocycles. The molecule has 0 aliphatic carbocycles. The quantitative estimate of drug-likeness (QED) is 0.810. The standard InChI is InChI=1S/C20H28N4O2/c1-15-7-5-11-24(13-15)12-6-10-21-20(26)22-18-14-23(2)19(25)17-9-4-3-8-16(17)18/h3-4,8-9,14-15H,5-7,10-13H2,1-2H3,(H2,21,22,26)/t15-/m0/s1. The number of anilines is 1. The molecule has 1 saturated heterocycles. The highest BCUT2D eigenvalue weighted by Gasteiger charge is 2.15. The van der Waals surface area contributed by atoms with Crippen LogP contribution in [0.3, 0.4) is 0 Å². The van der Waals surface area contributed by atoms with Crippen molar-refractivity contribution in [2.24, 2.45) is 13.0 Å². The molecule has 2 aromatic rings. The number of carbonyl (C=O) groups is 1. The molecular weight excluding hydrogens is 328 g/mol. The van der Waals surface area contributed by atoms with E-state index in [1.807, 2.05) is 18.2 Å². The molecule has 26 heavy (non-hydrogen) atoms. The molecule has 0 radical (unpaired) electrons. The second kappa shape index (κ2) is 8.36. The van der Waals surface area contributed by atoms with E-state index in [9.17, 15) is 9.59 Å². The number of urea groups is 1. The predicted molar refractivity (Wildman–Crippen MR) is 106 cm³/mol. The zero-order chi connectivity index (χ0) is 18.5. The second-order valence-electron chi connectivity index (χ2n) is 7.29. The molecule has 140 valence electrons. The number of carbonyl (C=O) groups excluding carboxylic acids is 1. The summed E-state index contributed by atoms with van der Waals surface area (Å²) in [5, 5.41) is 7.15. The maximum Gasteiger partial charge on any atom is 0.319 e. The Morgan fingerprint density at radius 1 is 1.27 bits per heavy atom. The molecule has 3 rings (SSSR count). The van der Waals surface area contributed by atoms with Gasteiger partial charge in [-0.3, -0.25) is 4.79 Å². The molecule has 0 spiro atoms. The Morgan fingerprint density at radius 2 is 2.04 bits per heavy atom. The number of hydrogen-bond donors (Lipinski definition) is 2. The molecule has 2 amide bonds. The van der Waals surface area contributed by atoms with Gasteiger partial charge in [-0.1, -0.05) is 25.1 Å². The van der Waals surface area contributed by atoms with Crippen molar-refractivity contribution in [2.45, 2.75) is 26.2 Å². The maximum absolute atomic E-state index is 12.2. The molecule has 1 aliphatic rings. The van der Waals surface area contributed by atoms with Crippen LogP contribution in [0.15, 0.2) is 35.3 Å². The smallest absolute Gasteiger partial charge is 0.319 e. The third kappa shape index (κ3) is 4.43. The van der Waals surface area contributed by atoms with Crippen molar-refractivity contribution < 1.29 is 4.79 Å². The fourth-order valence-corrected chi connectivity index (χ4v) is 3.68. The van der Waals surface area contributed by atoms with Gasteiger partial charge in [0, 0.05) is 37.1 Å². The summed E-state index contributed by atoms with van der Waals surface area (Å²) in [7, 11) is 1.69. The van der Waals surface area contributed by atoms with Gasteiger partial charge in [0.25, 0.3) is 5.56 Å². The number of nitrogens with zero attached hydrogens (tertiary/aromatic N) is 2. The molecule has 1 aromatic carbocycles. The normalized spacial score (nSPS) is 18.0. The van der Waals surface area contributed by atoms with Gasteiger partial charge in [-0.05, 0) is 44.3 Å². The Labute approximate surface area is 154 Å². The summed E-state index contributed by atoms with van der Waals surface area (Å²) in [6.45, 7) is 6.29. The van der Waals surface area contributed by atoms with Crippen LogP contribution in [0.5, 0.6) is 0 Å². The molecule has 1 aromatic heterocycles. The van der Waals surface area contributed by atoms with E-state index < -0.39 is 0 Å². The van der Waals surface area contributed by atoms with Crippen molar-refractivity contribution in [3.05, 3.63) is 40.8 Å². The molecule has 2 N–H and O–H groups in total. The molecular formula is C20H28N4O2. The molecule has 6 nitrogen and oxygen atoms in total. The van der Waals surface area contributed by atoms with Crippen molar-refractivity contribution in [1.29, 1.82) is 0 Å². The number of aryl methyl sites for hydroxylation is 1. The Hall–Kier alpha value is -2.34. The fraction of sp³-hybridized carbons (Fsp3) is 0.500. The predicted octanol–water partition coefficient (Wildman–Crippen LogP) is 2.78. The molecule has 2 heterocycles. The van der Waals surface area contributed by atoms with Crippen LogP contribution in [0.2, 0.25) is 0 Å². The second-order valence-corrected chi connectivity index (χ2v) is 7.29. The average molecular weight is 356 g/mol. The summed E-state index contributed by atoms with van der Waals surface area (Å²) in [5.74, 6) is 0.776. The van der Waals surface area contributed by atoms with Crippen LogP contribution in [0.1, 0.15) is 26.2 Å². The van der Waals surface area contributed by atoms with Gasteiger partial charge in [0.2, 0.25) is 0 Å². The van der Waals surface area contributed by atoms with Crippen molar-refractivity contribution in [2.75, 3.05) is 31.5 Å². The number of amides is 2. The van der Waals surface area contributed by atoms with Crippen LogP contribution in [-0.2, 0) is 7.05 Å². The monoisotopic (exact) mass is 356 g/mol. The first-order chi connectivity index (χ1) is 12.5. The van der Waals surface area contributed by atoms with E-state index in [0.717, 1.165) is 30.8 Å². The molecule has 0 bridgehead atoms. The van der Waals surface area contributed by atoms with Gasteiger partial charge in [-0.25, -0.2) is 4.79 Å². The van der Waals surface area contributed by atoms with E-state index in [1.165, 1.54) is 24.0 Å². The molecule has 1 fully saturated rings. The van der Waals surface area contributed by atoms with Crippen LogP contribution in [0, 0.1) is 5.92 Å². The van der Waals surface area contributed by atoms with Crippen LogP contribution in [0.25, 0.3) is 10.8 Å². The lowest BCUT2D eigenvalue weighted by molar-refractivity contribution is 0.182. The number of likely N-dealkylation sites (tertiary alicyclic amines) is 1. The minimum absolute atomic E-state index is 0.0673. The largest absolute Gasteiger partial charge is 0.338 e. The van der Waals surface area contributed by atoms with Crippen molar-refractivity contribution in [1.82, 2.24) is 14.8 Å². The average Bonchev–Trinajstić information content (AvgIpc) is 2.63. The van der Waals surface area contributed by atoms with Gasteiger partial charge in [0.15, 0.2) is 0 Å². The Balaban J connectivity index is 1.53. The minimum atomic E-state index is -0.235. The first-order valence-corrected chi connectivity index (χ1v) is 9.40. The maximum atomic E-state index is 12.2. The first-order valence-electron chi connectivity index (χ1n) is 9.40. The molecule has 0 saturated carbocycles. The van der Waals surface area contributed by atoms with E-state index in [-0.39, 0.29) is 11.6 Å². The lowest BCUT2D eigenvalue weighted by Crippen LogP contribution is -2.37. The highest BCUT2D eigenvalue weighted by Crippen LogP contribution is 2.20. The molecule has 0 unspecified atom stereocenters. The summed E-state index contributed by atoms with van der Waals surface area (Å²) >= 11 is 0. The zero-order valence-electron chi connectivity index (χ0n) is 15.6. The number of hydrogen-bond acceptors (Lipinski definition) is 3. The molecule has 1 atom stereocenters. The third-order valence-electron chi connectivity index (χ3n) is 5.02. The number of fused-ring (bicyclic) bond motifs is 1. The van der Waals surface area contributed by atoms with Gasteiger partial charge >= 0.3 is 6.03 Å². The topological polar surface area (TPSA) is 66.4 Å². The van der Waals surface area contributed by atoms with E-state index in [2.05, 4.69) is 22.5 Å². The fourth-order valence-electron chi connectivity index (χ4n) is 3.68. The molecule has 6 heteroatoms. The van der Waals surface area contributed by atoms with Gasteiger partial charge in [0.1, 0.15) is 0 Å². The van der Waals surface area contributed by atoms with E-state index in [0.29, 0.717) is 17.6 Å². The van der Waals surface area contributed by atoms with Crippen LogP contribution >= 0.6 is 0 Å². The van der Waals surface area contributed by atoms with Crippen LogP contribution in [0.4, 0.5) is 10.5 Å². The Bertz CT molecular complexity index is 830. The van der Waals surface area contributed by atoms with E-state index in [4.69, 9.17) is 0 Å². The summed E-state index contributed by atoms with van der Waals surface area (Å²) in [6.07, 6.45) is 5.20. The number of nitrogens with one attached hydrogen (secondary N) is 2. The number of aromatic nitrogens is 1. The van der Waals surface area contributed by atoms with Crippen LogP contribution < -0.4 is 16.2 Å². The lowest BCUT2D eigenvalue weighted by atomic mass is 10.0. The SMILES string of the molecule is C[C@H]1CCCN(CCCNC(=O)Nc2cn(C)c(=O)c3ccccc23)C1. The minimum Gasteiger partial charge on any atom is -0.338 e. The number of pyridine rings is 1. The van der Waals surface area contributed by atoms with Gasteiger partial charge in [-0.15, -0.1) is 0 Å². The summed E-state index contributed by atoms with van der Waals surface area (Å²) in [5.41, 5.74) is 0.576.